The van der Waals surface area contributed by atoms with Gasteiger partial charge in [0.25, 0.3) is 0 Å². The van der Waals surface area contributed by atoms with Crippen LogP contribution in [0, 0.1) is 5.92 Å². The minimum absolute atomic E-state index is 0. The van der Waals surface area contributed by atoms with Crippen molar-refractivity contribution in [2.24, 2.45) is 5.92 Å². The predicted octanol–water partition coefficient (Wildman–Crippen LogP) is 0.0945. The summed E-state index contributed by atoms with van der Waals surface area (Å²) in [7, 11) is 0. The number of rotatable bonds is 5. The van der Waals surface area contributed by atoms with E-state index >= 15 is 0 Å². The van der Waals surface area contributed by atoms with Crippen LogP contribution in [0.25, 0.3) is 0 Å². The molecule has 1 fully saturated rings. The van der Waals surface area contributed by atoms with Gasteiger partial charge in [-0.05, 0) is 24.8 Å². The summed E-state index contributed by atoms with van der Waals surface area (Å²) >= 11 is 0. The van der Waals surface area contributed by atoms with E-state index in [1.165, 1.54) is 6.92 Å². The Morgan fingerprint density at radius 2 is 2.14 bits per heavy atom. The summed E-state index contributed by atoms with van der Waals surface area (Å²) in [5.41, 5.74) is -1.04. The molecule has 0 radical (unpaired) electrons. The number of fused-ring (bicyclic) bond motifs is 1. The van der Waals surface area contributed by atoms with Gasteiger partial charge in [-0.1, -0.05) is 19.9 Å². The Morgan fingerprint density at radius 3 is 2.68 bits per heavy atom. The second-order valence-corrected chi connectivity index (χ2v) is 6.31. The van der Waals surface area contributed by atoms with Crippen molar-refractivity contribution in [2.75, 3.05) is 19.7 Å². The molecule has 0 aromatic heterocycles. The fraction of sp³-hybridized carbons (Fsp3) is 0.800. The Hall–Kier alpha value is -0.660. The van der Waals surface area contributed by atoms with Crippen molar-refractivity contribution in [3.63, 3.8) is 0 Å². The van der Waals surface area contributed by atoms with Crippen LogP contribution in [0.3, 0.4) is 0 Å². The van der Waals surface area contributed by atoms with Crippen molar-refractivity contribution < 1.29 is 24.9 Å². The van der Waals surface area contributed by atoms with Crippen molar-refractivity contribution in [1.82, 2.24) is 4.90 Å². The average Bonchev–Trinajstić information content (AvgIpc) is 2.98. The monoisotopic (exact) mass is 335 g/mol. The molecular formula is C15H26ClNO5. The van der Waals surface area contributed by atoms with E-state index in [2.05, 4.69) is 4.90 Å². The van der Waals surface area contributed by atoms with Crippen LogP contribution in [0.15, 0.2) is 11.6 Å². The van der Waals surface area contributed by atoms with Crippen LogP contribution in [-0.2, 0) is 9.53 Å². The highest BCUT2D eigenvalue weighted by molar-refractivity contribution is 5.85. The molecule has 2 aliphatic rings. The van der Waals surface area contributed by atoms with E-state index in [4.69, 9.17) is 4.74 Å². The quantitative estimate of drug-likeness (QED) is 0.487. The van der Waals surface area contributed by atoms with E-state index in [0.717, 1.165) is 25.1 Å². The van der Waals surface area contributed by atoms with Gasteiger partial charge in [-0.25, -0.2) is 4.79 Å². The van der Waals surface area contributed by atoms with E-state index < -0.39 is 29.7 Å². The molecule has 2 rings (SSSR count). The molecule has 2 heterocycles. The molecule has 0 aromatic rings. The SMILES string of the molecule is CC(C)C(O)(C(=O)OCC1=CCN2CC[C@@H](O)[C@@H]12)[C@H](C)O.Cl. The van der Waals surface area contributed by atoms with Gasteiger partial charge in [0.15, 0.2) is 5.60 Å². The third-order valence-electron chi connectivity index (χ3n) is 4.65. The van der Waals surface area contributed by atoms with Gasteiger partial charge in [-0.2, -0.15) is 0 Å². The number of ether oxygens (including phenoxy) is 1. The second kappa shape index (κ2) is 7.27. The van der Waals surface area contributed by atoms with Gasteiger partial charge in [-0.15, -0.1) is 12.4 Å². The Morgan fingerprint density at radius 1 is 1.50 bits per heavy atom. The molecule has 0 bridgehead atoms. The van der Waals surface area contributed by atoms with Crippen molar-refractivity contribution in [1.29, 1.82) is 0 Å². The summed E-state index contributed by atoms with van der Waals surface area (Å²) < 4.78 is 5.22. The molecule has 1 saturated heterocycles. The van der Waals surface area contributed by atoms with Gasteiger partial charge >= 0.3 is 5.97 Å². The predicted molar refractivity (Wildman–Crippen MR) is 83.7 cm³/mol. The Balaban J connectivity index is 0.00000242. The lowest BCUT2D eigenvalue weighted by atomic mass is 9.85. The lowest BCUT2D eigenvalue weighted by Crippen LogP contribution is -2.53. The van der Waals surface area contributed by atoms with Crippen LogP contribution in [-0.4, -0.2) is 69.7 Å². The van der Waals surface area contributed by atoms with Crippen molar-refractivity contribution in [3.05, 3.63) is 11.6 Å². The zero-order valence-corrected chi connectivity index (χ0v) is 14.0. The number of nitrogens with zero attached hydrogens (tertiary/aromatic N) is 1. The van der Waals surface area contributed by atoms with E-state index in [1.807, 2.05) is 6.08 Å². The number of hydrogen-bond donors (Lipinski definition) is 3. The molecule has 0 spiro atoms. The topological polar surface area (TPSA) is 90.2 Å². The summed E-state index contributed by atoms with van der Waals surface area (Å²) in [4.78, 5) is 14.3. The average molecular weight is 336 g/mol. The van der Waals surface area contributed by atoms with E-state index in [0.29, 0.717) is 0 Å². The maximum Gasteiger partial charge on any atom is 0.341 e. The largest absolute Gasteiger partial charge is 0.459 e. The van der Waals surface area contributed by atoms with Gasteiger partial charge in [0.2, 0.25) is 0 Å². The molecule has 6 nitrogen and oxygen atoms in total. The van der Waals surface area contributed by atoms with Crippen molar-refractivity contribution in [2.45, 2.75) is 51.0 Å². The molecule has 0 aromatic carbocycles. The number of aliphatic hydroxyl groups excluding tert-OH is 2. The highest BCUT2D eigenvalue weighted by Gasteiger charge is 2.46. The second-order valence-electron chi connectivity index (χ2n) is 6.31. The molecule has 7 heteroatoms. The van der Waals surface area contributed by atoms with Crippen molar-refractivity contribution in [3.8, 4) is 0 Å². The molecule has 1 unspecified atom stereocenters. The Kier molecular flexibility index (Phi) is 6.41. The fourth-order valence-corrected chi connectivity index (χ4v) is 3.18. The lowest BCUT2D eigenvalue weighted by Gasteiger charge is -2.32. The summed E-state index contributed by atoms with van der Waals surface area (Å²) in [6.45, 7) is 6.32. The van der Waals surface area contributed by atoms with Crippen LogP contribution >= 0.6 is 12.4 Å². The Labute approximate surface area is 137 Å². The zero-order chi connectivity index (χ0) is 15.8. The zero-order valence-electron chi connectivity index (χ0n) is 13.2. The van der Waals surface area contributed by atoms with E-state index in [-0.39, 0.29) is 25.1 Å². The third kappa shape index (κ3) is 3.31. The lowest BCUT2D eigenvalue weighted by molar-refractivity contribution is -0.183. The van der Waals surface area contributed by atoms with Gasteiger partial charge in [0.05, 0.1) is 18.2 Å². The maximum atomic E-state index is 12.1. The first-order valence-corrected chi connectivity index (χ1v) is 7.47. The van der Waals surface area contributed by atoms with Crippen molar-refractivity contribution >= 4 is 18.4 Å². The fourth-order valence-electron chi connectivity index (χ4n) is 3.18. The minimum Gasteiger partial charge on any atom is -0.459 e. The highest BCUT2D eigenvalue weighted by atomic mass is 35.5. The van der Waals surface area contributed by atoms with E-state index in [9.17, 15) is 20.1 Å². The molecule has 0 amide bonds. The van der Waals surface area contributed by atoms with Gasteiger partial charge in [-0.3, -0.25) is 4.90 Å². The van der Waals surface area contributed by atoms with Crippen LogP contribution in [0.1, 0.15) is 27.2 Å². The molecular weight excluding hydrogens is 310 g/mol. The molecule has 4 atom stereocenters. The number of esters is 1. The van der Waals surface area contributed by atoms with Gasteiger partial charge in [0, 0.05) is 13.1 Å². The number of halogens is 1. The van der Waals surface area contributed by atoms with E-state index in [1.54, 1.807) is 13.8 Å². The maximum absolute atomic E-state index is 12.1. The normalized spacial score (nSPS) is 28.6. The first kappa shape index (κ1) is 19.4. The van der Waals surface area contributed by atoms with Crippen LogP contribution in [0.5, 0.6) is 0 Å². The number of carbonyl (C=O) groups is 1. The van der Waals surface area contributed by atoms with Gasteiger partial charge in [0.1, 0.15) is 6.61 Å². The highest BCUT2D eigenvalue weighted by Crippen LogP contribution is 2.30. The van der Waals surface area contributed by atoms with Crippen LogP contribution < -0.4 is 0 Å². The smallest absolute Gasteiger partial charge is 0.341 e. The number of hydrogen-bond acceptors (Lipinski definition) is 6. The summed E-state index contributed by atoms with van der Waals surface area (Å²) in [6.07, 6.45) is 1.03. The molecule has 2 aliphatic heterocycles. The molecule has 3 N–H and O–H groups in total. The first-order valence-electron chi connectivity index (χ1n) is 7.47. The molecule has 128 valence electrons. The third-order valence-corrected chi connectivity index (χ3v) is 4.65. The van der Waals surface area contributed by atoms with Gasteiger partial charge < -0.3 is 20.1 Å². The van der Waals surface area contributed by atoms with Crippen LogP contribution in [0.2, 0.25) is 0 Å². The standard InChI is InChI=1S/C15H25NO5.ClH/c1-9(2)15(20,10(3)17)14(19)21-8-11-4-6-16-7-5-12(18)13(11)16;/h4,9-10,12-13,17-18,20H,5-8H2,1-3H3;1H/t10-,12+,13+,15?;/m0./s1. The Bertz CT molecular complexity index is 430. The summed E-state index contributed by atoms with van der Waals surface area (Å²) in [5, 5.41) is 30.0. The minimum atomic E-state index is -1.91. The number of aliphatic hydroxyl groups is 3. The number of carbonyl (C=O) groups excluding carboxylic acids is 1. The molecule has 22 heavy (non-hydrogen) atoms. The first-order chi connectivity index (χ1) is 9.78. The molecule has 0 aliphatic carbocycles. The summed E-state index contributed by atoms with van der Waals surface area (Å²) in [6, 6.07) is -0.0866. The van der Waals surface area contributed by atoms with Crippen LogP contribution in [0.4, 0.5) is 0 Å². The summed E-state index contributed by atoms with van der Waals surface area (Å²) in [5.74, 6) is -1.28. The molecule has 0 saturated carbocycles.